The molecule has 0 aromatic carbocycles. The molecule has 0 aliphatic heterocycles. The van der Waals surface area contributed by atoms with Gasteiger partial charge in [0.25, 0.3) is 0 Å². The van der Waals surface area contributed by atoms with Gasteiger partial charge < -0.3 is 10.4 Å². The van der Waals surface area contributed by atoms with Gasteiger partial charge in [-0.25, -0.2) is 0 Å². The Bertz CT molecular complexity index is 561. The summed E-state index contributed by atoms with van der Waals surface area (Å²) in [6.07, 6.45) is 10.7. The number of hydrogen-bond donors (Lipinski definition) is 3. The van der Waals surface area contributed by atoms with Crippen molar-refractivity contribution in [1.29, 1.82) is 0 Å². The molecule has 112 valence electrons. The van der Waals surface area contributed by atoms with Crippen LogP contribution in [0.15, 0.2) is 30.7 Å². The number of nitrogens with one attached hydrogen (secondary N) is 2. The third-order valence-electron chi connectivity index (χ3n) is 4.22. The van der Waals surface area contributed by atoms with E-state index in [-0.39, 0.29) is 0 Å². The number of rotatable bonds is 5. The Hall–Kier alpha value is -1.72. The van der Waals surface area contributed by atoms with Crippen LogP contribution in [0.5, 0.6) is 0 Å². The van der Waals surface area contributed by atoms with E-state index in [9.17, 15) is 5.11 Å². The van der Waals surface area contributed by atoms with E-state index in [4.69, 9.17) is 0 Å². The van der Waals surface area contributed by atoms with E-state index in [1.54, 1.807) is 6.20 Å². The molecule has 0 radical (unpaired) electrons. The topological polar surface area (TPSA) is 73.8 Å². The Labute approximate surface area is 124 Å². The summed E-state index contributed by atoms with van der Waals surface area (Å²) in [5, 5.41) is 21.0. The Balaban J connectivity index is 1.60. The van der Waals surface area contributed by atoms with E-state index in [0.717, 1.165) is 42.5 Å². The van der Waals surface area contributed by atoms with Crippen LogP contribution in [0.25, 0.3) is 11.3 Å². The highest BCUT2D eigenvalue weighted by atomic mass is 16.3. The largest absolute Gasteiger partial charge is 0.389 e. The molecule has 0 atom stereocenters. The summed E-state index contributed by atoms with van der Waals surface area (Å²) in [5.74, 6) is 0. The minimum Gasteiger partial charge on any atom is -0.389 e. The van der Waals surface area contributed by atoms with E-state index in [0.29, 0.717) is 13.1 Å². The van der Waals surface area contributed by atoms with E-state index >= 15 is 0 Å². The molecule has 1 aliphatic rings. The lowest BCUT2D eigenvalue weighted by molar-refractivity contribution is 0.00468. The number of nitrogens with zero attached hydrogens (tertiary/aromatic N) is 2. The molecule has 2 heterocycles. The second kappa shape index (κ2) is 6.37. The molecule has 21 heavy (non-hydrogen) atoms. The summed E-state index contributed by atoms with van der Waals surface area (Å²) in [4.78, 5) is 4.14. The molecule has 2 aromatic rings. The van der Waals surface area contributed by atoms with Gasteiger partial charge in [-0.1, -0.05) is 19.3 Å². The maximum absolute atomic E-state index is 10.5. The third-order valence-corrected chi connectivity index (χ3v) is 4.22. The van der Waals surface area contributed by atoms with Crippen LogP contribution in [0.1, 0.15) is 37.7 Å². The van der Waals surface area contributed by atoms with Crippen molar-refractivity contribution >= 4 is 0 Å². The number of aromatic amines is 1. The van der Waals surface area contributed by atoms with Gasteiger partial charge in [-0.2, -0.15) is 5.10 Å². The molecular formula is C16H22N4O. The van der Waals surface area contributed by atoms with E-state index < -0.39 is 5.60 Å². The maximum atomic E-state index is 10.5. The van der Waals surface area contributed by atoms with Gasteiger partial charge in [0.1, 0.15) is 0 Å². The minimum atomic E-state index is -0.531. The number of aliphatic hydroxyl groups is 1. The highest BCUT2D eigenvalue weighted by molar-refractivity contribution is 5.61. The van der Waals surface area contributed by atoms with Crippen molar-refractivity contribution in [3.05, 3.63) is 36.3 Å². The van der Waals surface area contributed by atoms with Crippen molar-refractivity contribution in [3.63, 3.8) is 0 Å². The first-order chi connectivity index (χ1) is 10.3. The fourth-order valence-electron chi connectivity index (χ4n) is 3.02. The second-order valence-corrected chi connectivity index (χ2v) is 5.90. The van der Waals surface area contributed by atoms with Gasteiger partial charge in [0, 0.05) is 36.6 Å². The number of hydrogen-bond acceptors (Lipinski definition) is 4. The molecule has 0 spiro atoms. The van der Waals surface area contributed by atoms with Crippen LogP contribution in [-0.2, 0) is 6.54 Å². The lowest BCUT2D eigenvalue weighted by Crippen LogP contribution is -2.41. The van der Waals surface area contributed by atoms with Crippen molar-refractivity contribution in [2.24, 2.45) is 0 Å². The molecule has 1 saturated carbocycles. The average molecular weight is 286 g/mol. The zero-order valence-electron chi connectivity index (χ0n) is 12.2. The van der Waals surface area contributed by atoms with Crippen molar-refractivity contribution < 1.29 is 5.11 Å². The molecule has 1 fully saturated rings. The van der Waals surface area contributed by atoms with Gasteiger partial charge in [0.05, 0.1) is 17.5 Å². The van der Waals surface area contributed by atoms with Crippen LogP contribution < -0.4 is 5.32 Å². The lowest BCUT2D eigenvalue weighted by atomic mass is 9.85. The predicted octanol–water partition coefficient (Wildman–Crippen LogP) is 2.26. The molecule has 0 amide bonds. The number of pyridine rings is 1. The third kappa shape index (κ3) is 3.49. The van der Waals surface area contributed by atoms with Gasteiger partial charge in [-0.3, -0.25) is 10.1 Å². The minimum absolute atomic E-state index is 0.531. The normalized spacial score (nSPS) is 17.8. The lowest BCUT2D eigenvalue weighted by Gasteiger charge is -2.32. The highest BCUT2D eigenvalue weighted by Gasteiger charge is 2.28. The summed E-state index contributed by atoms with van der Waals surface area (Å²) in [6.45, 7) is 1.34. The van der Waals surface area contributed by atoms with Crippen molar-refractivity contribution in [1.82, 2.24) is 20.5 Å². The molecule has 0 bridgehead atoms. The molecule has 2 aromatic heterocycles. The highest BCUT2D eigenvalue weighted by Crippen LogP contribution is 2.27. The van der Waals surface area contributed by atoms with E-state index in [1.807, 2.05) is 24.5 Å². The zero-order valence-corrected chi connectivity index (χ0v) is 12.2. The number of aromatic nitrogens is 3. The fraction of sp³-hybridized carbons (Fsp3) is 0.500. The van der Waals surface area contributed by atoms with Crippen LogP contribution in [0.4, 0.5) is 0 Å². The van der Waals surface area contributed by atoms with Crippen molar-refractivity contribution in [2.45, 2.75) is 44.2 Å². The van der Waals surface area contributed by atoms with Crippen LogP contribution in [0.2, 0.25) is 0 Å². The molecule has 3 rings (SSSR count). The Morgan fingerprint density at radius 3 is 2.86 bits per heavy atom. The van der Waals surface area contributed by atoms with Crippen molar-refractivity contribution in [3.8, 4) is 11.3 Å². The smallest absolute Gasteiger partial charge is 0.0771 e. The first kappa shape index (κ1) is 14.2. The van der Waals surface area contributed by atoms with Gasteiger partial charge in [0.15, 0.2) is 0 Å². The number of H-pyrrole nitrogens is 1. The first-order valence-corrected chi connectivity index (χ1v) is 7.63. The Morgan fingerprint density at radius 1 is 1.24 bits per heavy atom. The SMILES string of the molecule is OC1(CNCc2cn[nH]c2-c2cccnc2)CCCCC1. The van der Waals surface area contributed by atoms with Gasteiger partial charge in [0.2, 0.25) is 0 Å². The molecule has 3 N–H and O–H groups in total. The van der Waals surface area contributed by atoms with Crippen LogP contribution >= 0.6 is 0 Å². The molecular weight excluding hydrogens is 264 g/mol. The summed E-state index contributed by atoms with van der Waals surface area (Å²) in [6, 6.07) is 3.93. The standard InChI is InChI=1S/C16H22N4O/c21-16(6-2-1-3-7-16)12-18-10-14-11-19-20-15(14)13-5-4-8-17-9-13/h4-5,8-9,11,18,21H,1-3,6-7,10,12H2,(H,19,20). The molecule has 5 heteroatoms. The average Bonchev–Trinajstić information content (AvgIpc) is 2.97. The fourth-order valence-corrected chi connectivity index (χ4v) is 3.02. The molecule has 5 nitrogen and oxygen atoms in total. The maximum Gasteiger partial charge on any atom is 0.0771 e. The Morgan fingerprint density at radius 2 is 2.10 bits per heavy atom. The molecule has 1 aliphatic carbocycles. The van der Waals surface area contributed by atoms with E-state index in [2.05, 4.69) is 20.5 Å². The summed E-state index contributed by atoms with van der Waals surface area (Å²) >= 11 is 0. The predicted molar refractivity (Wildman–Crippen MR) is 81.6 cm³/mol. The van der Waals surface area contributed by atoms with Crippen LogP contribution in [0.3, 0.4) is 0 Å². The molecule has 0 unspecified atom stereocenters. The quantitative estimate of drug-likeness (QED) is 0.788. The summed E-state index contributed by atoms with van der Waals surface area (Å²) in [5.41, 5.74) is 2.59. The van der Waals surface area contributed by atoms with E-state index in [1.165, 1.54) is 6.42 Å². The van der Waals surface area contributed by atoms with Crippen LogP contribution in [0, 0.1) is 0 Å². The van der Waals surface area contributed by atoms with Gasteiger partial charge >= 0.3 is 0 Å². The monoisotopic (exact) mass is 286 g/mol. The summed E-state index contributed by atoms with van der Waals surface area (Å²) in [7, 11) is 0. The van der Waals surface area contributed by atoms with Crippen LogP contribution in [-0.4, -0.2) is 32.4 Å². The van der Waals surface area contributed by atoms with Crippen molar-refractivity contribution in [2.75, 3.05) is 6.54 Å². The first-order valence-electron chi connectivity index (χ1n) is 7.63. The Kier molecular flexibility index (Phi) is 4.31. The zero-order chi connectivity index (χ0) is 14.5. The van der Waals surface area contributed by atoms with Gasteiger partial charge in [-0.05, 0) is 25.0 Å². The van der Waals surface area contributed by atoms with Gasteiger partial charge in [-0.15, -0.1) is 0 Å². The second-order valence-electron chi connectivity index (χ2n) is 5.90. The molecule has 0 saturated heterocycles. The summed E-state index contributed by atoms with van der Waals surface area (Å²) < 4.78 is 0.